The highest BCUT2D eigenvalue weighted by Crippen LogP contribution is 2.42. The average Bonchev–Trinajstić information content (AvgIpc) is 2.77. The molecule has 0 heterocycles. The van der Waals surface area contributed by atoms with Gasteiger partial charge in [-0.1, -0.05) is 59.3 Å². The van der Waals surface area contributed by atoms with Crippen LogP contribution in [-0.4, -0.2) is 13.1 Å². The Labute approximate surface area is 109 Å². The molecule has 1 heteroatoms. The highest BCUT2D eigenvalue weighted by atomic mass is 14.9. The second-order valence-electron chi connectivity index (χ2n) is 6.35. The summed E-state index contributed by atoms with van der Waals surface area (Å²) >= 11 is 0. The van der Waals surface area contributed by atoms with Crippen LogP contribution in [0.4, 0.5) is 0 Å². The van der Waals surface area contributed by atoms with E-state index in [4.69, 9.17) is 0 Å². The maximum absolute atomic E-state index is 3.63. The lowest BCUT2D eigenvalue weighted by molar-refractivity contribution is 0.190. The minimum atomic E-state index is 0.578. The molecular weight excluding hydrogens is 206 g/mol. The summed E-state index contributed by atoms with van der Waals surface area (Å²) in [6.07, 6.45) is 12.7. The van der Waals surface area contributed by atoms with Crippen LogP contribution in [0.1, 0.15) is 78.6 Å². The molecule has 1 aliphatic carbocycles. The van der Waals surface area contributed by atoms with E-state index in [1.54, 1.807) is 0 Å². The predicted molar refractivity (Wildman–Crippen MR) is 77.3 cm³/mol. The fraction of sp³-hybridized carbons (Fsp3) is 1.00. The van der Waals surface area contributed by atoms with Gasteiger partial charge in [-0.05, 0) is 37.6 Å². The van der Waals surface area contributed by atoms with Crippen molar-refractivity contribution in [3.8, 4) is 0 Å². The predicted octanol–water partition coefficient (Wildman–Crippen LogP) is 4.76. The minimum Gasteiger partial charge on any atom is -0.316 e. The summed E-state index contributed by atoms with van der Waals surface area (Å²) in [5, 5.41) is 3.63. The summed E-state index contributed by atoms with van der Waals surface area (Å²) in [4.78, 5) is 0. The van der Waals surface area contributed by atoms with E-state index in [1.807, 2.05) is 0 Å². The van der Waals surface area contributed by atoms with Gasteiger partial charge in [-0.2, -0.15) is 0 Å². The van der Waals surface area contributed by atoms with Crippen LogP contribution < -0.4 is 5.32 Å². The Morgan fingerprint density at radius 3 is 2.29 bits per heavy atom. The zero-order valence-electron chi connectivity index (χ0n) is 12.5. The van der Waals surface area contributed by atoms with Crippen LogP contribution in [0.2, 0.25) is 0 Å². The van der Waals surface area contributed by atoms with E-state index in [9.17, 15) is 0 Å². The van der Waals surface area contributed by atoms with Crippen molar-refractivity contribution in [1.82, 2.24) is 5.32 Å². The summed E-state index contributed by atoms with van der Waals surface area (Å²) < 4.78 is 0. The Balaban J connectivity index is 2.49. The van der Waals surface area contributed by atoms with Gasteiger partial charge in [0, 0.05) is 6.04 Å². The van der Waals surface area contributed by atoms with Gasteiger partial charge in [0.05, 0.1) is 0 Å². The number of hydrogen-bond acceptors (Lipinski definition) is 1. The molecule has 1 N–H and O–H groups in total. The molecule has 0 aromatic rings. The largest absolute Gasteiger partial charge is 0.316 e. The third-order valence-corrected chi connectivity index (χ3v) is 5.05. The first kappa shape index (κ1) is 15.0. The molecular formula is C16H33N. The summed E-state index contributed by atoms with van der Waals surface area (Å²) in [6.45, 7) is 7.18. The smallest absolute Gasteiger partial charge is 0.0120 e. The highest BCUT2D eigenvalue weighted by Gasteiger charge is 2.36. The van der Waals surface area contributed by atoms with Gasteiger partial charge in [-0.15, -0.1) is 0 Å². The molecule has 102 valence electrons. The van der Waals surface area contributed by atoms with Gasteiger partial charge in [-0.25, -0.2) is 0 Å². The zero-order valence-corrected chi connectivity index (χ0v) is 12.5. The molecule has 17 heavy (non-hydrogen) atoms. The maximum Gasteiger partial charge on any atom is 0.0120 e. The number of hydrogen-bond donors (Lipinski definition) is 1. The van der Waals surface area contributed by atoms with Crippen molar-refractivity contribution in [2.45, 2.75) is 84.6 Å². The van der Waals surface area contributed by atoms with E-state index < -0.39 is 0 Å². The standard InChI is InChI=1S/C16H33N/c1-5-7-10-14(6-2)13-15(17-4)16(3)11-8-9-12-16/h14-15,17H,5-13H2,1-4H3. The highest BCUT2D eigenvalue weighted by molar-refractivity contribution is 4.91. The van der Waals surface area contributed by atoms with E-state index in [1.165, 1.54) is 57.8 Å². The Morgan fingerprint density at radius 2 is 1.82 bits per heavy atom. The molecule has 2 unspecified atom stereocenters. The fourth-order valence-corrected chi connectivity index (χ4v) is 3.60. The second kappa shape index (κ2) is 7.41. The molecule has 2 atom stereocenters. The van der Waals surface area contributed by atoms with E-state index in [2.05, 4.69) is 33.1 Å². The van der Waals surface area contributed by atoms with Gasteiger partial charge >= 0.3 is 0 Å². The van der Waals surface area contributed by atoms with Crippen LogP contribution >= 0.6 is 0 Å². The van der Waals surface area contributed by atoms with Crippen molar-refractivity contribution < 1.29 is 0 Å². The molecule has 1 rings (SSSR count). The van der Waals surface area contributed by atoms with Gasteiger partial charge in [0.2, 0.25) is 0 Å². The summed E-state index contributed by atoms with van der Waals surface area (Å²) in [7, 11) is 2.17. The molecule has 1 nitrogen and oxygen atoms in total. The van der Waals surface area contributed by atoms with Crippen LogP contribution in [0, 0.1) is 11.3 Å². The second-order valence-corrected chi connectivity index (χ2v) is 6.35. The van der Waals surface area contributed by atoms with Crippen molar-refractivity contribution >= 4 is 0 Å². The minimum absolute atomic E-state index is 0.578. The Hall–Kier alpha value is -0.0400. The number of rotatable bonds is 8. The monoisotopic (exact) mass is 239 g/mol. The summed E-state index contributed by atoms with van der Waals surface area (Å²) in [5.41, 5.74) is 0.578. The number of nitrogens with one attached hydrogen (secondary N) is 1. The van der Waals surface area contributed by atoms with Gasteiger partial charge < -0.3 is 5.32 Å². The molecule has 0 amide bonds. The maximum atomic E-state index is 3.63. The topological polar surface area (TPSA) is 12.0 Å². The van der Waals surface area contributed by atoms with Gasteiger partial charge in [0.25, 0.3) is 0 Å². The zero-order chi connectivity index (χ0) is 12.7. The van der Waals surface area contributed by atoms with Gasteiger partial charge in [0.15, 0.2) is 0 Å². The fourth-order valence-electron chi connectivity index (χ4n) is 3.60. The first-order chi connectivity index (χ1) is 8.16. The van der Waals surface area contributed by atoms with Crippen molar-refractivity contribution in [2.75, 3.05) is 7.05 Å². The normalized spacial score (nSPS) is 22.6. The van der Waals surface area contributed by atoms with E-state index in [-0.39, 0.29) is 0 Å². The quantitative estimate of drug-likeness (QED) is 0.644. The number of unbranched alkanes of at least 4 members (excludes halogenated alkanes) is 1. The summed E-state index contributed by atoms with van der Waals surface area (Å²) in [5.74, 6) is 0.935. The van der Waals surface area contributed by atoms with Crippen LogP contribution in [0.3, 0.4) is 0 Å². The lowest BCUT2D eigenvalue weighted by Gasteiger charge is -2.36. The summed E-state index contributed by atoms with van der Waals surface area (Å²) in [6, 6.07) is 0.742. The van der Waals surface area contributed by atoms with Crippen LogP contribution in [0.5, 0.6) is 0 Å². The third-order valence-electron chi connectivity index (χ3n) is 5.05. The Kier molecular flexibility index (Phi) is 6.54. The van der Waals surface area contributed by atoms with Crippen LogP contribution in [0.25, 0.3) is 0 Å². The molecule has 1 aliphatic rings. The SMILES string of the molecule is CCCCC(CC)CC(NC)C1(C)CCCC1. The molecule has 0 aliphatic heterocycles. The third kappa shape index (κ3) is 4.28. The molecule has 0 saturated heterocycles. The Morgan fingerprint density at radius 1 is 1.18 bits per heavy atom. The van der Waals surface area contributed by atoms with Crippen molar-refractivity contribution in [1.29, 1.82) is 0 Å². The van der Waals surface area contributed by atoms with Crippen LogP contribution in [0.15, 0.2) is 0 Å². The lowest BCUT2D eigenvalue weighted by atomic mass is 9.75. The molecule has 0 aromatic heterocycles. The first-order valence-electron chi connectivity index (χ1n) is 7.83. The van der Waals surface area contributed by atoms with Crippen molar-refractivity contribution in [3.05, 3.63) is 0 Å². The molecule has 0 radical (unpaired) electrons. The Bertz CT molecular complexity index is 194. The molecule has 0 spiro atoms. The van der Waals surface area contributed by atoms with E-state index >= 15 is 0 Å². The van der Waals surface area contributed by atoms with E-state index in [0.717, 1.165) is 12.0 Å². The molecule has 0 aromatic carbocycles. The molecule has 0 bridgehead atoms. The van der Waals surface area contributed by atoms with Crippen molar-refractivity contribution in [3.63, 3.8) is 0 Å². The average molecular weight is 239 g/mol. The van der Waals surface area contributed by atoms with Crippen LogP contribution in [-0.2, 0) is 0 Å². The van der Waals surface area contributed by atoms with Crippen molar-refractivity contribution in [2.24, 2.45) is 11.3 Å². The van der Waals surface area contributed by atoms with Gasteiger partial charge in [-0.3, -0.25) is 0 Å². The van der Waals surface area contributed by atoms with Gasteiger partial charge in [0.1, 0.15) is 0 Å². The lowest BCUT2D eigenvalue weighted by Crippen LogP contribution is -2.41. The first-order valence-corrected chi connectivity index (χ1v) is 7.83. The molecule has 1 fully saturated rings. The van der Waals surface area contributed by atoms with E-state index in [0.29, 0.717) is 5.41 Å². The molecule has 1 saturated carbocycles.